The number of aryl methyl sites for hydroxylation is 1. The molecule has 1 aliphatic rings. The van der Waals surface area contributed by atoms with Gasteiger partial charge in [-0.05, 0) is 13.8 Å². The summed E-state index contributed by atoms with van der Waals surface area (Å²) in [5, 5.41) is 3.34. The van der Waals surface area contributed by atoms with Gasteiger partial charge in [-0.3, -0.25) is 4.90 Å². The highest BCUT2D eigenvalue weighted by atomic mass is 32.1. The van der Waals surface area contributed by atoms with Crippen molar-refractivity contribution in [2.75, 3.05) is 26.3 Å². The van der Waals surface area contributed by atoms with Crippen LogP contribution in [0.5, 0.6) is 0 Å². The monoisotopic (exact) mass is 212 g/mol. The van der Waals surface area contributed by atoms with E-state index in [1.807, 2.05) is 6.92 Å². The Bertz CT molecular complexity index is 294. The van der Waals surface area contributed by atoms with Crippen molar-refractivity contribution in [3.8, 4) is 0 Å². The maximum Gasteiger partial charge on any atom is 0.110 e. The van der Waals surface area contributed by atoms with Gasteiger partial charge in [0, 0.05) is 24.2 Å². The number of morpholine rings is 1. The maximum atomic E-state index is 5.33. The zero-order valence-electron chi connectivity index (χ0n) is 8.69. The van der Waals surface area contributed by atoms with E-state index >= 15 is 0 Å². The lowest BCUT2D eigenvalue weighted by Crippen LogP contribution is -2.37. The van der Waals surface area contributed by atoms with E-state index in [2.05, 4.69) is 22.2 Å². The Balaban J connectivity index is 2.03. The lowest BCUT2D eigenvalue weighted by atomic mass is 10.2. The van der Waals surface area contributed by atoms with E-state index in [9.17, 15) is 0 Å². The van der Waals surface area contributed by atoms with Crippen molar-refractivity contribution in [3.63, 3.8) is 0 Å². The molecule has 1 unspecified atom stereocenters. The van der Waals surface area contributed by atoms with Gasteiger partial charge in [0.1, 0.15) is 5.01 Å². The van der Waals surface area contributed by atoms with E-state index in [1.165, 1.54) is 5.01 Å². The lowest BCUT2D eigenvalue weighted by Gasteiger charge is -2.30. The van der Waals surface area contributed by atoms with Gasteiger partial charge in [0.15, 0.2) is 0 Å². The number of ether oxygens (including phenoxy) is 1. The van der Waals surface area contributed by atoms with Gasteiger partial charge in [-0.15, -0.1) is 11.3 Å². The molecule has 1 fully saturated rings. The first-order valence-electron chi connectivity index (χ1n) is 5.01. The highest BCUT2D eigenvalue weighted by Crippen LogP contribution is 2.23. The Morgan fingerprint density at radius 3 is 2.79 bits per heavy atom. The number of aromatic nitrogens is 1. The molecule has 0 N–H and O–H groups in total. The molecule has 1 saturated heterocycles. The predicted molar refractivity (Wildman–Crippen MR) is 57.7 cm³/mol. The fourth-order valence-electron chi connectivity index (χ4n) is 1.69. The fourth-order valence-corrected chi connectivity index (χ4v) is 2.57. The molecule has 1 atom stereocenters. The van der Waals surface area contributed by atoms with Crippen molar-refractivity contribution in [2.45, 2.75) is 19.9 Å². The van der Waals surface area contributed by atoms with E-state index in [4.69, 9.17) is 4.74 Å². The Hall–Kier alpha value is -0.450. The maximum absolute atomic E-state index is 5.33. The van der Waals surface area contributed by atoms with Crippen LogP contribution in [0, 0.1) is 6.92 Å². The van der Waals surface area contributed by atoms with Gasteiger partial charge in [-0.1, -0.05) is 0 Å². The van der Waals surface area contributed by atoms with Gasteiger partial charge in [0.05, 0.1) is 19.3 Å². The van der Waals surface area contributed by atoms with Crippen LogP contribution < -0.4 is 0 Å². The molecular weight excluding hydrogens is 196 g/mol. The second-order valence-corrected chi connectivity index (χ2v) is 4.54. The molecule has 0 spiro atoms. The molecule has 78 valence electrons. The normalized spacial score (nSPS) is 21.0. The van der Waals surface area contributed by atoms with E-state index in [1.54, 1.807) is 11.3 Å². The minimum atomic E-state index is 0.442. The van der Waals surface area contributed by atoms with Crippen molar-refractivity contribution in [1.82, 2.24) is 9.88 Å². The Kier molecular flexibility index (Phi) is 3.15. The molecule has 0 saturated carbocycles. The third-order valence-electron chi connectivity index (χ3n) is 2.59. The first-order chi connectivity index (χ1) is 6.77. The third-order valence-corrected chi connectivity index (χ3v) is 3.72. The Morgan fingerprint density at radius 1 is 1.50 bits per heavy atom. The van der Waals surface area contributed by atoms with Gasteiger partial charge in [0.25, 0.3) is 0 Å². The van der Waals surface area contributed by atoms with Crippen LogP contribution in [-0.2, 0) is 4.74 Å². The summed E-state index contributed by atoms with van der Waals surface area (Å²) in [5.41, 5.74) is 1.13. The Morgan fingerprint density at radius 2 is 2.21 bits per heavy atom. The molecule has 2 rings (SSSR count). The molecule has 0 amide bonds. The average molecular weight is 212 g/mol. The van der Waals surface area contributed by atoms with Gasteiger partial charge in [0.2, 0.25) is 0 Å². The number of thiazole rings is 1. The summed E-state index contributed by atoms with van der Waals surface area (Å²) in [6.45, 7) is 8.04. The number of hydrogen-bond donors (Lipinski definition) is 0. The van der Waals surface area contributed by atoms with Crippen molar-refractivity contribution >= 4 is 11.3 Å². The molecule has 3 nitrogen and oxygen atoms in total. The van der Waals surface area contributed by atoms with Crippen LogP contribution in [0.4, 0.5) is 0 Å². The second-order valence-electron chi connectivity index (χ2n) is 3.65. The SMILES string of the molecule is Cc1csc(C(C)N2CCOCC2)n1. The summed E-state index contributed by atoms with van der Waals surface area (Å²) in [6.07, 6.45) is 0. The highest BCUT2D eigenvalue weighted by Gasteiger charge is 2.20. The summed E-state index contributed by atoms with van der Waals surface area (Å²) in [7, 11) is 0. The zero-order chi connectivity index (χ0) is 9.97. The first kappa shape index (κ1) is 10.1. The third kappa shape index (κ3) is 2.13. The average Bonchev–Trinajstić information content (AvgIpc) is 2.65. The van der Waals surface area contributed by atoms with Crippen LogP contribution in [0.1, 0.15) is 23.7 Å². The standard InChI is InChI=1S/C10H16N2OS/c1-8-7-14-10(11-8)9(2)12-3-5-13-6-4-12/h7,9H,3-6H2,1-2H3. The molecule has 1 aromatic rings. The van der Waals surface area contributed by atoms with Crippen molar-refractivity contribution in [2.24, 2.45) is 0 Å². The topological polar surface area (TPSA) is 25.4 Å². The lowest BCUT2D eigenvalue weighted by molar-refractivity contribution is 0.0198. The van der Waals surface area contributed by atoms with Gasteiger partial charge < -0.3 is 4.74 Å². The van der Waals surface area contributed by atoms with E-state index in [-0.39, 0.29) is 0 Å². The number of rotatable bonds is 2. The summed E-state index contributed by atoms with van der Waals surface area (Å²) >= 11 is 1.76. The quantitative estimate of drug-likeness (QED) is 0.748. The molecule has 2 heterocycles. The molecule has 1 aliphatic heterocycles. The fraction of sp³-hybridized carbons (Fsp3) is 0.700. The number of hydrogen-bond acceptors (Lipinski definition) is 4. The summed E-state index contributed by atoms with van der Waals surface area (Å²) in [5.74, 6) is 0. The molecule has 0 aliphatic carbocycles. The highest BCUT2D eigenvalue weighted by molar-refractivity contribution is 7.09. The van der Waals surface area contributed by atoms with Crippen LogP contribution in [0.2, 0.25) is 0 Å². The summed E-state index contributed by atoms with van der Waals surface area (Å²) < 4.78 is 5.33. The molecule has 0 radical (unpaired) electrons. The summed E-state index contributed by atoms with van der Waals surface area (Å²) in [6, 6.07) is 0.442. The number of nitrogens with zero attached hydrogens (tertiary/aromatic N) is 2. The largest absolute Gasteiger partial charge is 0.379 e. The van der Waals surface area contributed by atoms with Gasteiger partial charge in [-0.25, -0.2) is 4.98 Å². The van der Waals surface area contributed by atoms with E-state index < -0.39 is 0 Å². The molecule has 4 heteroatoms. The zero-order valence-corrected chi connectivity index (χ0v) is 9.51. The van der Waals surface area contributed by atoms with E-state index in [0.29, 0.717) is 6.04 Å². The second kappa shape index (κ2) is 4.38. The Labute approximate surface area is 88.7 Å². The first-order valence-corrected chi connectivity index (χ1v) is 5.89. The minimum Gasteiger partial charge on any atom is -0.379 e. The van der Waals surface area contributed by atoms with Crippen molar-refractivity contribution in [3.05, 3.63) is 16.1 Å². The molecular formula is C10H16N2OS. The molecule has 1 aromatic heterocycles. The molecule has 0 aromatic carbocycles. The van der Waals surface area contributed by atoms with Crippen LogP contribution in [0.15, 0.2) is 5.38 Å². The smallest absolute Gasteiger partial charge is 0.110 e. The van der Waals surface area contributed by atoms with E-state index in [0.717, 1.165) is 32.0 Å². The molecule has 0 bridgehead atoms. The van der Waals surface area contributed by atoms with Crippen molar-refractivity contribution < 1.29 is 4.74 Å². The van der Waals surface area contributed by atoms with Crippen LogP contribution in [0.3, 0.4) is 0 Å². The predicted octanol–water partition coefficient (Wildman–Crippen LogP) is 1.84. The minimum absolute atomic E-state index is 0.442. The summed E-state index contributed by atoms with van der Waals surface area (Å²) in [4.78, 5) is 6.95. The molecule has 14 heavy (non-hydrogen) atoms. The van der Waals surface area contributed by atoms with Crippen LogP contribution >= 0.6 is 11.3 Å². The van der Waals surface area contributed by atoms with Crippen LogP contribution in [-0.4, -0.2) is 36.2 Å². The van der Waals surface area contributed by atoms with Gasteiger partial charge >= 0.3 is 0 Å². The van der Waals surface area contributed by atoms with Gasteiger partial charge in [-0.2, -0.15) is 0 Å². The van der Waals surface area contributed by atoms with Crippen molar-refractivity contribution in [1.29, 1.82) is 0 Å². The van der Waals surface area contributed by atoms with Crippen LogP contribution in [0.25, 0.3) is 0 Å².